The maximum absolute atomic E-state index is 13.1. The summed E-state index contributed by atoms with van der Waals surface area (Å²) in [5.41, 5.74) is 7.57. The summed E-state index contributed by atoms with van der Waals surface area (Å²) in [6.07, 6.45) is 3.80. The highest BCUT2D eigenvalue weighted by atomic mass is 35.5. The van der Waals surface area contributed by atoms with Gasteiger partial charge < -0.3 is 5.73 Å². The maximum Gasteiger partial charge on any atom is 0.268 e. The highest BCUT2D eigenvalue weighted by Gasteiger charge is 2.33. The topological polar surface area (TPSA) is 89.6 Å². The molecule has 0 bridgehead atoms. The molecule has 1 atom stereocenters. The number of nitrogens with two attached hydrogens (primary N) is 1. The summed E-state index contributed by atoms with van der Waals surface area (Å²) in [5.74, 6) is 1.52. The Labute approximate surface area is 137 Å². The van der Waals surface area contributed by atoms with Crippen molar-refractivity contribution in [1.29, 1.82) is 0 Å². The van der Waals surface area contributed by atoms with Crippen LogP contribution in [-0.2, 0) is 0 Å². The molecule has 7 heteroatoms. The Bertz CT molecular complexity index is 957. The van der Waals surface area contributed by atoms with Crippen LogP contribution in [0.5, 0.6) is 0 Å². The lowest BCUT2D eigenvalue weighted by Gasteiger charge is -2.17. The first kappa shape index (κ1) is 14.4. The van der Waals surface area contributed by atoms with Gasteiger partial charge in [0, 0.05) is 5.56 Å². The van der Waals surface area contributed by atoms with E-state index in [-0.39, 0.29) is 11.6 Å². The van der Waals surface area contributed by atoms with Crippen molar-refractivity contribution < 1.29 is 0 Å². The first-order chi connectivity index (χ1) is 11.1. The molecule has 0 saturated heterocycles. The molecule has 0 amide bonds. The number of benzene rings is 1. The second kappa shape index (κ2) is 5.18. The fourth-order valence-electron chi connectivity index (χ4n) is 2.88. The zero-order valence-corrected chi connectivity index (χ0v) is 13.3. The van der Waals surface area contributed by atoms with Crippen LogP contribution in [0.15, 0.2) is 29.2 Å². The molecule has 0 spiro atoms. The Kier molecular flexibility index (Phi) is 3.25. The molecule has 2 aromatic heterocycles. The Hall–Kier alpha value is -2.18. The van der Waals surface area contributed by atoms with Gasteiger partial charge in [0.15, 0.2) is 0 Å². The largest absolute Gasteiger partial charge is 0.321 e. The molecule has 4 rings (SSSR count). The number of halogens is 1. The normalized spacial score (nSPS) is 16.0. The zero-order chi connectivity index (χ0) is 16.1. The molecule has 0 unspecified atom stereocenters. The van der Waals surface area contributed by atoms with E-state index in [1.165, 1.54) is 4.57 Å². The number of nitrogens with zero attached hydrogens (tertiary/aromatic N) is 3. The number of fused-ring (bicyclic) bond motifs is 1. The lowest BCUT2D eigenvalue weighted by Crippen LogP contribution is -2.30. The highest BCUT2D eigenvalue weighted by molar-refractivity contribution is 6.35. The van der Waals surface area contributed by atoms with Gasteiger partial charge in [-0.05, 0) is 37.8 Å². The molecule has 1 saturated carbocycles. The third-order valence-electron chi connectivity index (χ3n) is 4.33. The number of hydrogen-bond acceptors (Lipinski definition) is 4. The number of rotatable bonds is 3. The summed E-state index contributed by atoms with van der Waals surface area (Å²) in [5, 5.41) is 7.68. The molecule has 3 N–H and O–H groups in total. The minimum absolute atomic E-state index is 0.223. The number of aromatic amines is 1. The maximum atomic E-state index is 13.1. The fourth-order valence-corrected chi connectivity index (χ4v) is 3.13. The van der Waals surface area contributed by atoms with Crippen LogP contribution in [0.2, 0.25) is 5.02 Å². The third-order valence-corrected chi connectivity index (χ3v) is 4.64. The van der Waals surface area contributed by atoms with E-state index in [0.29, 0.717) is 33.5 Å². The van der Waals surface area contributed by atoms with Crippen molar-refractivity contribution >= 4 is 22.5 Å². The van der Waals surface area contributed by atoms with E-state index in [9.17, 15) is 4.79 Å². The van der Waals surface area contributed by atoms with Crippen LogP contribution < -0.4 is 11.3 Å². The van der Waals surface area contributed by atoms with Crippen LogP contribution in [0.3, 0.4) is 0 Å². The molecule has 1 aromatic carbocycles. The molecule has 118 valence electrons. The summed E-state index contributed by atoms with van der Waals surface area (Å²) >= 11 is 6.23. The second-order valence-corrected chi connectivity index (χ2v) is 6.42. The Morgan fingerprint density at radius 2 is 2.22 bits per heavy atom. The van der Waals surface area contributed by atoms with Crippen molar-refractivity contribution in [3.8, 4) is 5.82 Å². The van der Waals surface area contributed by atoms with Gasteiger partial charge in [0.2, 0.25) is 0 Å². The molecule has 6 nitrogen and oxygen atoms in total. The molecule has 1 aliphatic carbocycles. The van der Waals surface area contributed by atoms with Crippen LogP contribution in [-0.4, -0.2) is 19.7 Å². The van der Waals surface area contributed by atoms with Gasteiger partial charge in [0.05, 0.1) is 28.2 Å². The average Bonchev–Trinajstić information content (AvgIpc) is 3.29. The Balaban J connectivity index is 2.10. The SMILES string of the molecule is Cc1cn[nH]c1-n1c([C@@H](N)C2CC2)nc2cccc(Cl)c2c1=O. The van der Waals surface area contributed by atoms with E-state index in [1.807, 2.05) is 6.92 Å². The summed E-state index contributed by atoms with van der Waals surface area (Å²) in [4.78, 5) is 17.8. The van der Waals surface area contributed by atoms with Crippen molar-refractivity contribution in [2.45, 2.75) is 25.8 Å². The quantitative estimate of drug-likeness (QED) is 0.772. The summed E-state index contributed by atoms with van der Waals surface area (Å²) < 4.78 is 1.53. The predicted molar refractivity (Wildman–Crippen MR) is 88.9 cm³/mol. The molecule has 0 aliphatic heterocycles. The number of aromatic nitrogens is 4. The van der Waals surface area contributed by atoms with Gasteiger partial charge in [0.25, 0.3) is 5.56 Å². The van der Waals surface area contributed by atoms with Gasteiger partial charge in [-0.25, -0.2) is 9.55 Å². The Morgan fingerprint density at radius 3 is 2.87 bits per heavy atom. The van der Waals surface area contributed by atoms with Crippen molar-refractivity contribution in [3.05, 3.63) is 51.2 Å². The van der Waals surface area contributed by atoms with E-state index >= 15 is 0 Å². The fraction of sp³-hybridized carbons (Fsp3) is 0.312. The first-order valence-electron chi connectivity index (χ1n) is 7.55. The monoisotopic (exact) mass is 329 g/mol. The molecule has 23 heavy (non-hydrogen) atoms. The van der Waals surface area contributed by atoms with E-state index in [1.54, 1.807) is 24.4 Å². The molecule has 2 heterocycles. The number of aryl methyl sites for hydroxylation is 1. The average molecular weight is 330 g/mol. The number of hydrogen-bond donors (Lipinski definition) is 2. The Morgan fingerprint density at radius 1 is 1.43 bits per heavy atom. The van der Waals surface area contributed by atoms with Crippen molar-refractivity contribution in [2.24, 2.45) is 11.7 Å². The first-order valence-corrected chi connectivity index (χ1v) is 7.93. The van der Waals surface area contributed by atoms with Crippen molar-refractivity contribution in [1.82, 2.24) is 19.7 Å². The van der Waals surface area contributed by atoms with Crippen LogP contribution in [0.25, 0.3) is 16.7 Å². The van der Waals surface area contributed by atoms with Crippen LogP contribution >= 0.6 is 11.6 Å². The third kappa shape index (κ3) is 2.26. The molecule has 3 aromatic rings. The van der Waals surface area contributed by atoms with Gasteiger partial charge in [0.1, 0.15) is 11.6 Å². The smallest absolute Gasteiger partial charge is 0.268 e. The highest BCUT2D eigenvalue weighted by Crippen LogP contribution is 2.39. The number of H-pyrrole nitrogens is 1. The van der Waals surface area contributed by atoms with E-state index < -0.39 is 0 Å². The van der Waals surface area contributed by atoms with Gasteiger partial charge >= 0.3 is 0 Å². The van der Waals surface area contributed by atoms with Crippen LogP contribution in [0.4, 0.5) is 0 Å². The second-order valence-electron chi connectivity index (χ2n) is 6.01. The van der Waals surface area contributed by atoms with Crippen LogP contribution in [0.1, 0.15) is 30.3 Å². The van der Waals surface area contributed by atoms with Gasteiger partial charge in [-0.3, -0.25) is 9.89 Å². The summed E-state index contributed by atoms with van der Waals surface area (Å²) in [6.45, 7) is 1.88. The van der Waals surface area contributed by atoms with E-state index in [2.05, 4.69) is 15.2 Å². The van der Waals surface area contributed by atoms with E-state index in [0.717, 1.165) is 18.4 Å². The summed E-state index contributed by atoms with van der Waals surface area (Å²) in [7, 11) is 0. The summed E-state index contributed by atoms with van der Waals surface area (Å²) in [6, 6.07) is 4.98. The van der Waals surface area contributed by atoms with E-state index in [4.69, 9.17) is 17.3 Å². The molecule has 1 aliphatic rings. The molecular formula is C16H16ClN5O. The standard InChI is InChI=1S/C16H16ClN5O/c1-8-7-19-21-14(8)22-15(13(18)9-5-6-9)20-11-4-2-3-10(17)12(11)16(22)23/h2-4,7,9,13H,5-6,18H2,1H3,(H,19,21)/t13-/m0/s1. The van der Waals surface area contributed by atoms with Gasteiger partial charge in [-0.1, -0.05) is 17.7 Å². The van der Waals surface area contributed by atoms with Crippen molar-refractivity contribution in [3.63, 3.8) is 0 Å². The minimum atomic E-state index is -0.284. The van der Waals surface area contributed by atoms with Gasteiger partial charge in [-0.15, -0.1) is 0 Å². The lowest BCUT2D eigenvalue weighted by molar-refractivity contribution is 0.570. The minimum Gasteiger partial charge on any atom is -0.321 e. The van der Waals surface area contributed by atoms with Crippen LogP contribution in [0, 0.1) is 12.8 Å². The lowest BCUT2D eigenvalue weighted by atomic mass is 10.1. The molecule has 0 radical (unpaired) electrons. The predicted octanol–water partition coefficient (Wildman–Crippen LogP) is 2.48. The molecular weight excluding hydrogens is 314 g/mol. The van der Waals surface area contributed by atoms with Gasteiger partial charge in [-0.2, -0.15) is 5.10 Å². The zero-order valence-electron chi connectivity index (χ0n) is 12.6. The molecule has 1 fully saturated rings. The van der Waals surface area contributed by atoms with Crippen molar-refractivity contribution in [2.75, 3.05) is 0 Å². The number of nitrogens with one attached hydrogen (secondary N) is 1.